The molecule has 0 bridgehead atoms. The molecule has 10 heteroatoms. The topological polar surface area (TPSA) is 177 Å². The molecule has 0 saturated heterocycles. The van der Waals surface area contributed by atoms with Crippen molar-refractivity contribution in [1.29, 1.82) is 0 Å². The Bertz CT molecular complexity index is 772. The van der Waals surface area contributed by atoms with E-state index in [0.717, 1.165) is 5.56 Å². The van der Waals surface area contributed by atoms with Crippen LogP contribution in [0.1, 0.15) is 45.1 Å². The third kappa shape index (κ3) is 11.4. The van der Waals surface area contributed by atoms with Crippen molar-refractivity contribution in [2.75, 3.05) is 13.1 Å². The second-order valence-corrected chi connectivity index (χ2v) is 8.44. The molecule has 0 aliphatic heterocycles. The van der Waals surface area contributed by atoms with Crippen molar-refractivity contribution in [2.24, 2.45) is 17.4 Å². The van der Waals surface area contributed by atoms with Gasteiger partial charge in [0.25, 0.3) is 0 Å². The maximum Gasteiger partial charge on any atom is 0.322 e. The van der Waals surface area contributed by atoms with Crippen LogP contribution in [-0.2, 0) is 25.6 Å². The van der Waals surface area contributed by atoms with Crippen molar-refractivity contribution in [3.05, 3.63) is 35.9 Å². The Balaban J connectivity index is 2.86. The van der Waals surface area contributed by atoms with Gasteiger partial charge in [-0.05, 0) is 50.1 Å². The largest absolute Gasteiger partial charge is 0.480 e. The molecule has 1 aromatic rings. The normalized spacial score (nSPS) is 13.6. The molecule has 184 valence electrons. The predicted molar refractivity (Wildman–Crippen MR) is 125 cm³/mol. The lowest BCUT2D eigenvalue weighted by molar-refractivity contribution is -0.138. The number of amides is 3. The van der Waals surface area contributed by atoms with E-state index in [0.29, 0.717) is 38.6 Å². The zero-order valence-corrected chi connectivity index (χ0v) is 19.4. The SMILES string of the molecule is CC(C)CC(NC(=O)C(CCCCN)NC(=O)C(N)Cc1ccccc1)C(=O)NCC(=O)O. The first-order valence-corrected chi connectivity index (χ1v) is 11.2. The first-order chi connectivity index (χ1) is 15.6. The summed E-state index contributed by atoms with van der Waals surface area (Å²) in [7, 11) is 0. The predicted octanol–water partition coefficient (Wildman–Crippen LogP) is -0.0981. The summed E-state index contributed by atoms with van der Waals surface area (Å²) in [6.45, 7) is 3.66. The summed E-state index contributed by atoms with van der Waals surface area (Å²) < 4.78 is 0. The van der Waals surface area contributed by atoms with Gasteiger partial charge < -0.3 is 32.5 Å². The van der Waals surface area contributed by atoms with Gasteiger partial charge in [0.05, 0.1) is 6.04 Å². The van der Waals surface area contributed by atoms with E-state index in [-0.39, 0.29) is 5.92 Å². The van der Waals surface area contributed by atoms with Crippen molar-refractivity contribution >= 4 is 23.7 Å². The van der Waals surface area contributed by atoms with Gasteiger partial charge in [-0.1, -0.05) is 44.2 Å². The van der Waals surface area contributed by atoms with E-state index in [2.05, 4.69) is 16.0 Å². The number of rotatable bonds is 15. The Hall–Kier alpha value is -2.98. The second-order valence-electron chi connectivity index (χ2n) is 8.44. The summed E-state index contributed by atoms with van der Waals surface area (Å²) in [5.41, 5.74) is 12.5. The molecule has 0 fully saturated rings. The number of nitrogens with one attached hydrogen (secondary N) is 3. The third-order valence-electron chi connectivity index (χ3n) is 4.97. The minimum absolute atomic E-state index is 0.0652. The third-order valence-corrected chi connectivity index (χ3v) is 4.97. The lowest BCUT2D eigenvalue weighted by atomic mass is 10.0. The molecule has 33 heavy (non-hydrogen) atoms. The quantitative estimate of drug-likeness (QED) is 0.197. The van der Waals surface area contributed by atoms with Gasteiger partial charge in [-0.15, -0.1) is 0 Å². The Labute approximate surface area is 194 Å². The molecule has 3 atom stereocenters. The van der Waals surface area contributed by atoms with Crippen molar-refractivity contribution < 1.29 is 24.3 Å². The molecule has 8 N–H and O–H groups in total. The van der Waals surface area contributed by atoms with Crippen LogP contribution in [0.4, 0.5) is 0 Å². The molecule has 0 aliphatic carbocycles. The zero-order valence-electron chi connectivity index (χ0n) is 19.4. The van der Waals surface area contributed by atoms with Gasteiger partial charge in [0.15, 0.2) is 0 Å². The number of unbranched alkanes of at least 4 members (excludes halogenated alkanes) is 1. The lowest BCUT2D eigenvalue weighted by Crippen LogP contribution is -2.56. The van der Waals surface area contributed by atoms with Gasteiger partial charge in [-0.2, -0.15) is 0 Å². The van der Waals surface area contributed by atoms with Crippen molar-refractivity contribution in [3.8, 4) is 0 Å². The number of carboxylic acids is 1. The molecule has 0 heterocycles. The van der Waals surface area contributed by atoms with Crippen LogP contribution >= 0.6 is 0 Å². The molecular weight excluding hydrogens is 426 g/mol. The van der Waals surface area contributed by atoms with Gasteiger partial charge in [0, 0.05) is 0 Å². The first kappa shape index (κ1) is 28.1. The first-order valence-electron chi connectivity index (χ1n) is 11.2. The van der Waals surface area contributed by atoms with Crippen molar-refractivity contribution in [3.63, 3.8) is 0 Å². The highest BCUT2D eigenvalue weighted by Gasteiger charge is 2.28. The Morgan fingerprint density at radius 2 is 1.58 bits per heavy atom. The van der Waals surface area contributed by atoms with Crippen LogP contribution in [0.15, 0.2) is 30.3 Å². The standard InChI is InChI=1S/C23H37N5O5/c1-15(2)12-19(22(32)26-14-20(29)30)28-23(33)18(10-6-7-11-24)27-21(31)17(25)13-16-8-4-3-5-9-16/h3-5,8-9,15,17-19H,6-7,10-14,24-25H2,1-2H3,(H,26,32)(H,27,31)(H,28,33)(H,29,30). The summed E-state index contributed by atoms with van der Waals surface area (Å²) in [5.74, 6) is -2.70. The van der Waals surface area contributed by atoms with Crippen molar-refractivity contribution in [1.82, 2.24) is 16.0 Å². The van der Waals surface area contributed by atoms with Crippen LogP contribution < -0.4 is 27.4 Å². The number of hydrogen-bond acceptors (Lipinski definition) is 6. The molecule has 0 radical (unpaired) electrons. The molecule has 0 spiro atoms. The van der Waals surface area contributed by atoms with Gasteiger partial charge >= 0.3 is 5.97 Å². The highest BCUT2D eigenvalue weighted by Crippen LogP contribution is 2.08. The molecule has 3 amide bonds. The Morgan fingerprint density at radius 3 is 2.15 bits per heavy atom. The molecular formula is C23H37N5O5. The minimum atomic E-state index is -1.18. The van der Waals surface area contributed by atoms with E-state index >= 15 is 0 Å². The Morgan fingerprint density at radius 1 is 0.939 bits per heavy atom. The summed E-state index contributed by atoms with van der Waals surface area (Å²) in [5, 5.41) is 16.5. The minimum Gasteiger partial charge on any atom is -0.480 e. The maximum atomic E-state index is 13.0. The molecule has 10 nitrogen and oxygen atoms in total. The van der Waals surface area contributed by atoms with Gasteiger partial charge in [-0.25, -0.2) is 0 Å². The molecule has 1 rings (SSSR count). The van der Waals surface area contributed by atoms with Crippen LogP contribution in [0.5, 0.6) is 0 Å². The molecule has 0 aliphatic rings. The number of aliphatic carboxylic acids is 1. The fraction of sp³-hybridized carbons (Fsp3) is 0.565. The van der Waals surface area contributed by atoms with Crippen molar-refractivity contribution in [2.45, 2.75) is 64.1 Å². The van der Waals surface area contributed by atoms with Gasteiger partial charge in [-0.3, -0.25) is 19.2 Å². The summed E-state index contributed by atoms with van der Waals surface area (Å²) in [6.07, 6.45) is 2.23. The summed E-state index contributed by atoms with van der Waals surface area (Å²) in [6, 6.07) is 6.64. The fourth-order valence-electron chi connectivity index (χ4n) is 3.26. The number of nitrogens with two attached hydrogens (primary N) is 2. The monoisotopic (exact) mass is 463 g/mol. The highest BCUT2D eigenvalue weighted by atomic mass is 16.4. The Kier molecular flexibility index (Phi) is 12.7. The maximum absolute atomic E-state index is 13.0. The average molecular weight is 464 g/mol. The smallest absolute Gasteiger partial charge is 0.322 e. The van der Waals surface area contributed by atoms with E-state index in [1.165, 1.54) is 0 Å². The average Bonchev–Trinajstić information content (AvgIpc) is 2.76. The molecule has 0 saturated carbocycles. The lowest BCUT2D eigenvalue weighted by Gasteiger charge is -2.25. The van der Waals surface area contributed by atoms with Crippen LogP contribution in [-0.4, -0.2) is 60.0 Å². The highest BCUT2D eigenvalue weighted by molar-refractivity contribution is 5.93. The van der Waals surface area contributed by atoms with E-state index in [9.17, 15) is 19.2 Å². The van der Waals surface area contributed by atoms with E-state index < -0.39 is 48.4 Å². The van der Waals surface area contributed by atoms with E-state index in [1.54, 1.807) is 0 Å². The van der Waals surface area contributed by atoms with Crippen LogP contribution in [0.25, 0.3) is 0 Å². The van der Waals surface area contributed by atoms with Crippen LogP contribution in [0, 0.1) is 5.92 Å². The molecule has 0 aromatic heterocycles. The number of carbonyl (C=O) groups excluding carboxylic acids is 3. The molecule has 3 unspecified atom stereocenters. The second kappa shape index (κ2) is 15.0. The number of hydrogen-bond donors (Lipinski definition) is 6. The number of carboxylic acid groups (broad SMARTS) is 1. The zero-order chi connectivity index (χ0) is 24.8. The van der Waals surface area contributed by atoms with Gasteiger partial charge in [0.2, 0.25) is 17.7 Å². The number of benzene rings is 1. The fourth-order valence-corrected chi connectivity index (χ4v) is 3.26. The van der Waals surface area contributed by atoms with E-state index in [1.807, 2.05) is 44.2 Å². The van der Waals surface area contributed by atoms with E-state index in [4.69, 9.17) is 16.6 Å². The van der Waals surface area contributed by atoms with Crippen LogP contribution in [0.2, 0.25) is 0 Å². The summed E-state index contributed by atoms with van der Waals surface area (Å²) in [4.78, 5) is 48.9. The molecule has 1 aromatic carbocycles. The number of carbonyl (C=O) groups is 4. The van der Waals surface area contributed by atoms with Gasteiger partial charge in [0.1, 0.15) is 18.6 Å². The summed E-state index contributed by atoms with van der Waals surface area (Å²) >= 11 is 0. The van der Waals surface area contributed by atoms with Crippen LogP contribution in [0.3, 0.4) is 0 Å².